The Hall–Kier alpha value is -1.58. The molecule has 0 aliphatic carbocycles. The van der Waals surface area contributed by atoms with Gasteiger partial charge in [0, 0.05) is 5.56 Å². The first kappa shape index (κ1) is 9.51. The second-order valence-corrected chi connectivity index (χ2v) is 2.25. The molecule has 0 unspecified atom stereocenters. The second-order valence-electron chi connectivity index (χ2n) is 2.25. The van der Waals surface area contributed by atoms with E-state index in [1.54, 1.807) is 0 Å². The maximum atomic E-state index is 12.8. The highest BCUT2D eigenvalue weighted by atomic mass is 19.2. The van der Waals surface area contributed by atoms with Crippen LogP contribution in [0, 0.1) is 17.5 Å². The van der Waals surface area contributed by atoms with Crippen LogP contribution in [0.1, 0.15) is 5.56 Å². The van der Waals surface area contributed by atoms with Gasteiger partial charge in [-0.2, -0.15) is 0 Å². The molecule has 0 heterocycles. The highest BCUT2D eigenvalue weighted by Crippen LogP contribution is 2.16. The number of rotatable bonds is 2. The third-order valence-corrected chi connectivity index (χ3v) is 1.42. The first-order valence-electron chi connectivity index (χ1n) is 3.42. The number of carbonyl (C=O) groups excluding carboxylic acids is 1. The number of aldehydes is 1. The standard InChI is InChI=1S/C9H5F3O/c10-7-3-4-8(11)9(12)6(7)2-1-5-13/h1-5H/b2-1+. The lowest BCUT2D eigenvalue weighted by molar-refractivity contribution is -0.104. The summed E-state index contributed by atoms with van der Waals surface area (Å²) >= 11 is 0. The first-order valence-corrected chi connectivity index (χ1v) is 3.42. The molecule has 0 radical (unpaired) electrons. The van der Waals surface area contributed by atoms with Gasteiger partial charge in [-0.3, -0.25) is 4.79 Å². The predicted octanol–water partition coefficient (Wildman–Crippen LogP) is 2.32. The molecule has 0 saturated carbocycles. The minimum Gasteiger partial charge on any atom is -0.299 e. The van der Waals surface area contributed by atoms with Crippen molar-refractivity contribution in [3.05, 3.63) is 41.2 Å². The molecule has 13 heavy (non-hydrogen) atoms. The number of carbonyl (C=O) groups is 1. The van der Waals surface area contributed by atoms with Crippen LogP contribution in [0.15, 0.2) is 18.2 Å². The van der Waals surface area contributed by atoms with Gasteiger partial charge in [0.15, 0.2) is 11.6 Å². The molecule has 0 saturated heterocycles. The van der Waals surface area contributed by atoms with Crippen molar-refractivity contribution in [3.63, 3.8) is 0 Å². The molecule has 0 amide bonds. The molecule has 68 valence electrons. The van der Waals surface area contributed by atoms with Crippen molar-refractivity contribution in [1.29, 1.82) is 0 Å². The minimum absolute atomic E-state index is 0.351. The summed E-state index contributed by atoms with van der Waals surface area (Å²) in [7, 11) is 0. The second kappa shape index (κ2) is 3.89. The van der Waals surface area contributed by atoms with E-state index < -0.39 is 23.0 Å². The molecule has 0 aromatic heterocycles. The van der Waals surface area contributed by atoms with E-state index >= 15 is 0 Å². The normalized spacial score (nSPS) is 10.7. The largest absolute Gasteiger partial charge is 0.299 e. The number of halogens is 3. The van der Waals surface area contributed by atoms with E-state index in [4.69, 9.17) is 0 Å². The van der Waals surface area contributed by atoms with E-state index in [9.17, 15) is 18.0 Å². The minimum atomic E-state index is -1.29. The van der Waals surface area contributed by atoms with Crippen molar-refractivity contribution in [2.45, 2.75) is 0 Å². The fourth-order valence-corrected chi connectivity index (χ4v) is 0.831. The summed E-state index contributed by atoms with van der Waals surface area (Å²) in [6, 6.07) is 1.48. The van der Waals surface area contributed by atoms with Crippen LogP contribution in [-0.2, 0) is 4.79 Å². The van der Waals surface area contributed by atoms with Gasteiger partial charge in [-0.25, -0.2) is 13.2 Å². The van der Waals surface area contributed by atoms with E-state index in [0.717, 1.165) is 18.2 Å². The van der Waals surface area contributed by atoms with Crippen LogP contribution in [0.3, 0.4) is 0 Å². The van der Waals surface area contributed by atoms with Gasteiger partial charge in [-0.1, -0.05) is 0 Å². The summed E-state index contributed by atoms with van der Waals surface area (Å²) in [5, 5.41) is 0. The average molecular weight is 186 g/mol. The Labute approximate surface area is 72.5 Å². The van der Waals surface area contributed by atoms with Gasteiger partial charge in [0.05, 0.1) is 0 Å². The molecule has 1 aromatic rings. The van der Waals surface area contributed by atoms with Gasteiger partial charge in [0.25, 0.3) is 0 Å². The van der Waals surface area contributed by atoms with Crippen molar-refractivity contribution in [1.82, 2.24) is 0 Å². The summed E-state index contributed by atoms with van der Waals surface area (Å²) in [4.78, 5) is 9.86. The Morgan fingerprint density at radius 1 is 1.08 bits per heavy atom. The molecular weight excluding hydrogens is 181 g/mol. The van der Waals surface area contributed by atoms with E-state index in [1.165, 1.54) is 0 Å². The molecule has 0 N–H and O–H groups in total. The third kappa shape index (κ3) is 1.96. The van der Waals surface area contributed by atoms with E-state index in [1.807, 2.05) is 0 Å². The lowest BCUT2D eigenvalue weighted by Crippen LogP contribution is -1.92. The summed E-state index contributed by atoms with van der Waals surface area (Å²) in [6.07, 6.45) is 2.12. The lowest BCUT2D eigenvalue weighted by atomic mass is 10.2. The highest BCUT2D eigenvalue weighted by molar-refractivity contribution is 5.74. The van der Waals surface area contributed by atoms with Crippen LogP contribution in [0.4, 0.5) is 13.2 Å². The monoisotopic (exact) mass is 186 g/mol. The maximum Gasteiger partial charge on any atom is 0.168 e. The summed E-state index contributed by atoms with van der Waals surface area (Å²) < 4.78 is 38.1. The van der Waals surface area contributed by atoms with Crippen molar-refractivity contribution < 1.29 is 18.0 Å². The van der Waals surface area contributed by atoms with Crippen LogP contribution in [0.5, 0.6) is 0 Å². The third-order valence-electron chi connectivity index (χ3n) is 1.42. The van der Waals surface area contributed by atoms with Gasteiger partial charge in [-0.05, 0) is 24.3 Å². The van der Waals surface area contributed by atoms with Gasteiger partial charge in [0.1, 0.15) is 12.1 Å². The lowest BCUT2D eigenvalue weighted by Gasteiger charge is -1.98. The van der Waals surface area contributed by atoms with E-state index in [-0.39, 0.29) is 0 Å². The van der Waals surface area contributed by atoms with E-state index in [2.05, 4.69) is 0 Å². The van der Waals surface area contributed by atoms with Crippen molar-refractivity contribution in [3.8, 4) is 0 Å². The Balaban J connectivity index is 3.25. The maximum absolute atomic E-state index is 12.8. The molecular formula is C9H5F3O. The molecule has 1 aromatic carbocycles. The van der Waals surface area contributed by atoms with Crippen LogP contribution >= 0.6 is 0 Å². The molecule has 0 aliphatic heterocycles. The highest BCUT2D eigenvalue weighted by Gasteiger charge is 2.10. The van der Waals surface area contributed by atoms with Crippen LogP contribution < -0.4 is 0 Å². The summed E-state index contributed by atoms with van der Waals surface area (Å²) in [5.74, 6) is -3.35. The van der Waals surface area contributed by atoms with Crippen molar-refractivity contribution >= 4 is 12.4 Å². The molecule has 0 spiro atoms. The number of hydrogen-bond donors (Lipinski definition) is 0. The van der Waals surface area contributed by atoms with Gasteiger partial charge in [0.2, 0.25) is 0 Å². The zero-order valence-corrected chi connectivity index (χ0v) is 6.43. The molecule has 0 atom stereocenters. The summed E-state index contributed by atoms with van der Waals surface area (Å²) in [5.41, 5.74) is -0.549. The fraction of sp³-hybridized carbons (Fsp3) is 0. The first-order chi connectivity index (χ1) is 6.16. The zero-order chi connectivity index (χ0) is 9.84. The number of hydrogen-bond acceptors (Lipinski definition) is 1. The van der Waals surface area contributed by atoms with Gasteiger partial charge < -0.3 is 0 Å². The molecule has 0 fully saturated rings. The predicted molar refractivity (Wildman–Crippen MR) is 41.4 cm³/mol. The van der Waals surface area contributed by atoms with Crippen LogP contribution in [0.2, 0.25) is 0 Å². The van der Waals surface area contributed by atoms with Crippen molar-refractivity contribution in [2.75, 3.05) is 0 Å². The number of benzene rings is 1. The van der Waals surface area contributed by atoms with Crippen LogP contribution in [-0.4, -0.2) is 6.29 Å². The smallest absolute Gasteiger partial charge is 0.168 e. The van der Waals surface area contributed by atoms with Crippen molar-refractivity contribution in [2.24, 2.45) is 0 Å². The Kier molecular flexibility index (Phi) is 2.84. The Bertz CT molecular complexity index is 358. The molecule has 1 rings (SSSR count). The van der Waals surface area contributed by atoms with Crippen LogP contribution in [0.25, 0.3) is 6.08 Å². The molecule has 4 heteroatoms. The molecule has 0 bridgehead atoms. The number of allylic oxidation sites excluding steroid dienone is 1. The summed E-state index contributed by atoms with van der Waals surface area (Å²) in [6.45, 7) is 0. The SMILES string of the molecule is O=C/C=C/c1c(F)ccc(F)c1F. The van der Waals surface area contributed by atoms with E-state index in [0.29, 0.717) is 12.4 Å². The Morgan fingerprint density at radius 2 is 1.69 bits per heavy atom. The average Bonchev–Trinajstić information content (AvgIpc) is 2.12. The molecule has 0 aliphatic rings. The quantitative estimate of drug-likeness (QED) is 0.393. The van der Waals surface area contributed by atoms with Gasteiger partial charge in [-0.15, -0.1) is 0 Å². The molecule has 1 nitrogen and oxygen atoms in total. The fourth-order valence-electron chi connectivity index (χ4n) is 0.831. The topological polar surface area (TPSA) is 17.1 Å². The Morgan fingerprint density at radius 3 is 2.31 bits per heavy atom. The zero-order valence-electron chi connectivity index (χ0n) is 6.43. The van der Waals surface area contributed by atoms with Gasteiger partial charge >= 0.3 is 0 Å².